The second-order valence-corrected chi connectivity index (χ2v) is 6.47. The maximum Gasteiger partial charge on any atom is 0.279 e. The molecular weight excluding hydrogens is 361 g/mol. The number of ether oxygens (including phenoxy) is 1. The lowest BCUT2D eigenvalue weighted by atomic mass is 10.2. The monoisotopic (exact) mass is 378 g/mol. The molecule has 2 aromatic rings. The van der Waals surface area contributed by atoms with Crippen molar-refractivity contribution in [3.05, 3.63) is 57.6 Å². The molecule has 0 heterocycles. The van der Waals surface area contributed by atoms with Crippen molar-refractivity contribution in [2.24, 2.45) is 0 Å². The van der Waals surface area contributed by atoms with Crippen LogP contribution in [0.1, 0.15) is 11.1 Å². The van der Waals surface area contributed by atoms with Crippen molar-refractivity contribution in [3.8, 4) is 11.8 Å². The van der Waals surface area contributed by atoms with E-state index in [9.17, 15) is 4.79 Å². The Morgan fingerprint density at radius 3 is 2.68 bits per heavy atom. The Morgan fingerprint density at radius 1 is 1.28 bits per heavy atom. The number of benzene rings is 2. The molecule has 2 rings (SSSR count). The van der Waals surface area contributed by atoms with Crippen LogP contribution in [-0.4, -0.2) is 26.6 Å². The minimum atomic E-state index is -0.153. The Hall–Kier alpha value is -2.26. The van der Waals surface area contributed by atoms with Gasteiger partial charge in [0.05, 0.1) is 24.7 Å². The predicted molar refractivity (Wildman–Crippen MR) is 98.3 cm³/mol. The van der Waals surface area contributed by atoms with Crippen LogP contribution in [-0.2, 0) is 11.3 Å². The van der Waals surface area contributed by atoms with E-state index in [0.29, 0.717) is 27.8 Å². The summed E-state index contributed by atoms with van der Waals surface area (Å²) < 4.78 is 5.32. The van der Waals surface area contributed by atoms with Gasteiger partial charge in [0.2, 0.25) is 0 Å². The normalized spacial score (nSPS) is 11.5. The summed E-state index contributed by atoms with van der Waals surface area (Å²) in [6.45, 7) is 0.846. The smallest absolute Gasteiger partial charge is 0.279 e. The second-order valence-electron chi connectivity index (χ2n) is 5.62. The first-order chi connectivity index (χ1) is 11.9. The summed E-state index contributed by atoms with van der Waals surface area (Å²) in [7, 11) is 3.51. The molecule has 7 heteroatoms. The number of rotatable bonds is 6. The first-order valence-corrected chi connectivity index (χ1v) is 8.31. The minimum Gasteiger partial charge on any atom is -0.496 e. The summed E-state index contributed by atoms with van der Waals surface area (Å²) in [4.78, 5) is 13.2. The zero-order valence-electron chi connectivity index (χ0n) is 13.9. The maximum atomic E-state index is 12.2. The number of hydrogen-bond donors (Lipinski definition) is 2. The molecular formula is C18H18Cl2N3O2+. The third-order valence-corrected chi connectivity index (χ3v) is 4.12. The molecule has 0 saturated carbocycles. The van der Waals surface area contributed by atoms with E-state index in [-0.39, 0.29) is 12.5 Å². The highest BCUT2D eigenvalue weighted by Crippen LogP contribution is 2.22. The van der Waals surface area contributed by atoms with E-state index in [0.717, 1.165) is 16.2 Å². The highest BCUT2D eigenvalue weighted by Gasteiger charge is 2.14. The number of nitrogens with one attached hydrogen (secondary N) is 2. The van der Waals surface area contributed by atoms with Crippen molar-refractivity contribution < 1.29 is 14.4 Å². The maximum absolute atomic E-state index is 12.2. The van der Waals surface area contributed by atoms with Crippen LogP contribution in [0.15, 0.2) is 36.4 Å². The minimum absolute atomic E-state index is 0.153. The molecule has 0 bridgehead atoms. The van der Waals surface area contributed by atoms with Crippen molar-refractivity contribution in [1.82, 2.24) is 0 Å². The van der Waals surface area contributed by atoms with Gasteiger partial charge in [0.1, 0.15) is 18.4 Å². The summed E-state index contributed by atoms with van der Waals surface area (Å²) in [5.74, 6) is 0.585. The quantitative estimate of drug-likeness (QED) is 0.811. The lowest BCUT2D eigenvalue weighted by Crippen LogP contribution is -3.08. The Morgan fingerprint density at radius 2 is 2.04 bits per heavy atom. The van der Waals surface area contributed by atoms with E-state index >= 15 is 0 Å². The molecule has 0 fully saturated rings. The van der Waals surface area contributed by atoms with Crippen LogP contribution in [0, 0.1) is 11.3 Å². The molecule has 0 aliphatic heterocycles. The SMILES string of the molecule is COc1ccc(Cl)cc1C[NH+](C)CC(=O)Nc1ccc(C#N)c(Cl)c1. The fourth-order valence-corrected chi connectivity index (χ4v) is 2.85. The molecule has 130 valence electrons. The molecule has 5 nitrogen and oxygen atoms in total. The number of halogens is 2. The van der Waals surface area contributed by atoms with Crippen LogP contribution in [0.5, 0.6) is 5.75 Å². The fourth-order valence-electron chi connectivity index (χ4n) is 2.44. The molecule has 1 unspecified atom stereocenters. The van der Waals surface area contributed by atoms with Gasteiger partial charge in [0.15, 0.2) is 6.54 Å². The summed E-state index contributed by atoms with van der Waals surface area (Å²) in [6, 6.07) is 12.2. The molecule has 1 atom stereocenters. The molecule has 1 amide bonds. The van der Waals surface area contributed by atoms with Crippen LogP contribution in [0.25, 0.3) is 0 Å². The van der Waals surface area contributed by atoms with Gasteiger partial charge >= 0.3 is 0 Å². The zero-order chi connectivity index (χ0) is 18.4. The van der Waals surface area contributed by atoms with Crippen molar-refractivity contribution in [1.29, 1.82) is 5.26 Å². The molecule has 0 spiro atoms. The van der Waals surface area contributed by atoms with Gasteiger partial charge < -0.3 is 15.0 Å². The topological polar surface area (TPSA) is 66.6 Å². The van der Waals surface area contributed by atoms with Crippen LogP contribution in [0.4, 0.5) is 5.69 Å². The van der Waals surface area contributed by atoms with E-state index in [1.165, 1.54) is 0 Å². The molecule has 2 N–H and O–H groups in total. The molecule has 0 aliphatic rings. The summed E-state index contributed by atoms with van der Waals surface area (Å²) in [5.41, 5.74) is 1.86. The highest BCUT2D eigenvalue weighted by atomic mass is 35.5. The molecule has 0 saturated heterocycles. The first-order valence-electron chi connectivity index (χ1n) is 7.56. The largest absolute Gasteiger partial charge is 0.496 e. The van der Waals surface area contributed by atoms with Gasteiger partial charge in [0, 0.05) is 16.3 Å². The van der Waals surface area contributed by atoms with Crippen LogP contribution < -0.4 is 15.0 Å². The van der Waals surface area contributed by atoms with E-state index in [1.54, 1.807) is 31.4 Å². The molecule has 25 heavy (non-hydrogen) atoms. The van der Waals surface area contributed by atoms with Gasteiger partial charge in [-0.05, 0) is 36.4 Å². The number of hydrogen-bond acceptors (Lipinski definition) is 3. The second kappa shape index (κ2) is 8.72. The molecule has 0 radical (unpaired) electrons. The van der Waals surface area contributed by atoms with Gasteiger partial charge in [-0.25, -0.2) is 0 Å². The third-order valence-electron chi connectivity index (χ3n) is 3.57. The molecule has 0 aliphatic carbocycles. The van der Waals surface area contributed by atoms with Gasteiger partial charge in [-0.3, -0.25) is 4.79 Å². The van der Waals surface area contributed by atoms with Gasteiger partial charge in [-0.2, -0.15) is 5.26 Å². The van der Waals surface area contributed by atoms with Crippen LogP contribution in [0.2, 0.25) is 10.0 Å². The number of quaternary nitrogens is 1. The number of carbonyl (C=O) groups excluding carboxylic acids is 1. The first kappa shape index (κ1) is 19.1. The summed E-state index contributed by atoms with van der Waals surface area (Å²) in [5, 5.41) is 12.6. The Balaban J connectivity index is 1.97. The number of methoxy groups -OCH3 is 1. The van der Waals surface area contributed by atoms with E-state index in [4.69, 9.17) is 33.2 Å². The predicted octanol–water partition coefficient (Wildman–Crippen LogP) is 2.53. The van der Waals surface area contributed by atoms with E-state index < -0.39 is 0 Å². The average molecular weight is 379 g/mol. The van der Waals surface area contributed by atoms with Crippen molar-refractivity contribution in [2.75, 3.05) is 26.0 Å². The van der Waals surface area contributed by atoms with Gasteiger partial charge in [-0.1, -0.05) is 23.2 Å². The summed E-state index contributed by atoms with van der Waals surface area (Å²) in [6.07, 6.45) is 0. The molecule has 2 aromatic carbocycles. The lowest BCUT2D eigenvalue weighted by molar-refractivity contribution is -0.885. The number of nitrogens with zero attached hydrogens (tertiary/aromatic N) is 1. The lowest BCUT2D eigenvalue weighted by Gasteiger charge is -2.16. The number of anilines is 1. The van der Waals surface area contributed by atoms with Crippen molar-refractivity contribution >= 4 is 34.8 Å². The summed E-state index contributed by atoms with van der Waals surface area (Å²) >= 11 is 12.0. The molecule has 0 aromatic heterocycles. The highest BCUT2D eigenvalue weighted by molar-refractivity contribution is 6.32. The Bertz CT molecular complexity index is 818. The number of nitriles is 1. The van der Waals surface area contributed by atoms with Crippen molar-refractivity contribution in [2.45, 2.75) is 6.54 Å². The number of likely N-dealkylation sites (N-methyl/N-ethyl adjacent to an activating group) is 1. The van der Waals surface area contributed by atoms with Gasteiger partial charge in [-0.15, -0.1) is 0 Å². The fraction of sp³-hybridized carbons (Fsp3) is 0.222. The number of carbonyl (C=O) groups is 1. The Labute approximate surface area is 156 Å². The van der Waals surface area contributed by atoms with Crippen LogP contribution >= 0.6 is 23.2 Å². The van der Waals surface area contributed by atoms with E-state index in [1.807, 2.05) is 25.2 Å². The third kappa shape index (κ3) is 5.36. The standard InChI is InChI=1S/C18H17Cl2N3O2/c1-23(10-13-7-14(19)4-6-17(13)25-2)11-18(24)22-15-5-3-12(9-21)16(20)8-15/h3-8H,10-11H2,1-2H3,(H,22,24)/p+1. The Kier molecular flexibility index (Phi) is 6.65. The van der Waals surface area contributed by atoms with Crippen LogP contribution in [0.3, 0.4) is 0 Å². The zero-order valence-corrected chi connectivity index (χ0v) is 15.4. The van der Waals surface area contributed by atoms with Gasteiger partial charge in [0.25, 0.3) is 5.91 Å². The number of amides is 1. The van der Waals surface area contributed by atoms with E-state index in [2.05, 4.69) is 5.32 Å². The van der Waals surface area contributed by atoms with Crippen molar-refractivity contribution in [3.63, 3.8) is 0 Å². The average Bonchev–Trinajstić information content (AvgIpc) is 2.55.